The van der Waals surface area contributed by atoms with E-state index in [1.54, 1.807) is 45.0 Å². The van der Waals surface area contributed by atoms with Crippen LogP contribution in [0.25, 0.3) is 0 Å². The molecule has 2 aliphatic rings. The minimum Gasteiger partial charge on any atom is -0.508 e. The number of carbonyl (C=O) groups is 3. The van der Waals surface area contributed by atoms with Crippen molar-refractivity contribution in [3.05, 3.63) is 53.6 Å². The first kappa shape index (κ1) is 23.6. The number of carbonyl (C=O) groups excluding carboxylic acids is 2. The van der Waals surface area contributed by atoms with E-state index < -0.39 is 46.7 Å². The molecule has 180 valence electrons. The number of nitrogens with one attached hydrogen (secondary N) is 1. The third-order valence-electron chi connectivity index (χ3n) is 6.69. The summed E-state index contributed by atoms with van der Waals surface area (Å²) in [5, 5.41) is 33.3. The highest BCUT2D eigenvalue weighted by atomic mass is 16.5. The summed E-state index contributed by atoms with van der Waals surface area (Å²) in [4.78, 5) is 41.3. The van der Waals surface area contributed by atoms with Gasteiger partial charge in [-0.2, -0.15) is 0 Å². The van der Waals surface area contributed by atoms with Gasteiger partial charge in [0.2, 0.25) is 11.8 Å². The number of benzene rings is 2. The zero-order valence-corrected chi connectivity index (χ0v) is 19.4. The number of methoxy groups -OCH3 is 1. The second kappa shape index (κ2) is 8.02. The monoisotopic (exact) mass is 468 g/mol. The van der Waals surface area contributed by atoms with E-state index in [1.165, 1.54) is 30.2 Å². The quantitative estimate of drug-likeness (QED) is 0.491. The Hall–Kier alpha value is -3.59. The molecule has 34 heavy (non-hydrogen) atoms. The number of nitrogens with zero attached hydrogens (tertiary/aromatic N) is 1. The van der Waals surface area contributed by atoms with Gasteiger partial charge in [-0.3, -0.25) is 24.6 Å². The van der Waals surface area contributed by atoms with Crippen LogP contribution in [0.3, 0.4) is 0 Å². The molecule has 9 heteroatoms. The summed E-state index contributed by atoms with van der Waals surface area (Å²) >= 11 is 0. The first-order valence-corrected chi connectivity index (χ1v) is 10.9. The molecule has 4 N–H and O–H groups in total. The minimum atomic E-state index is -1.77. The van der Waals surface area contributed by atoms with Gasteiger partial charge >= 0.3 is 5.97 Å². The number of carboxylic acid groups (broad SMARTS) is 1. The van der Waals surface area contributed by atoms with Crippen LogP contribution >= 0.6 is 0 Å². The fourth-order valence-corrected chi connectivity index (χ4v) is 5.21. The van der Waals surface area contributed by atoms with Crippen molar-refractivity contribution in [2.24, 2.45) is 11.8 Å². The van der Waals surface area contributed by atoms with Crippen molar-refractivity contribution in [3.63, 3.8) is 0 Å². The second-order valence-corrected chi connectivity index (χ2v) is 9.86. The van der Waals surface area contributed by atoms with Gasteiger partial charge in [-0.15, -0.1) is 0 Å². The van der Waals surface area contributed by atoms with Gasteiger partial charge in [-0.05, 0) is 56.2 Å². The lowest BCUT2D eigenvalue weighted by Crippen LogP contribution is -2.58. The van der Waals surface area contributed by atoms with Crippen LogP contribution in [0.1, 0.15) is 37.9 Å². The number of fused-ring (bicyclic) bond motifs is 1. The molecule has 0 aromatic heterocycles. The van der Waals surface area contributed by atoms with Gasteiger partial charge in [0.15, 0.2) is 11.5 Å². The molecule has 2 aliphatic heterocycles. The summed E-state index contributed by atoms with van der Waals surface area (Å²) in [7, 11) is 1.39. The number of aromatic hydroxyl groups is 2. The predicted octanol–water partition coefficient (Wildman–Crippen LogP) is 2.22. The Labute approximate surface area is 197 Å². The third kappa shape index (κ3) is 3.56. The van der Waals surface area contributed by atoms with Crippen molar-refractivity contribution in [3.8, 4) is 17.2 Å². The molecule has 2 aromatic rings. The molecule has 2 heterocycles. The van der Waals surface area contributed by atoms with Crippen LogP contribution in [0, 0.1) is 11.8 Å². The molecule has 2 saturated heterocycles. The molecule has 2 amide bonds. The van der Waals surface area contributed by atoms with Gasteiger partial charge in [0.05, 0.1) is 18.9 Å². The molecule has 2 aromatic carbocycles. The molecule has 4 atom stereocenters. The number of hydrogen-bond donors (Lipinski definition) is 4. The molecular weight excluding hydrogens is 440 g/mol. The van der Waals surface area contributed by atoms with Crippen molar-refractivity contribution in [1.82, 2.24) is 10.2 Å². The average molecular weight is 469 g/mol. The van der Waals surface area contributed by atoms with Crippen LogP contribution in [0.5, 0.6) is 17.2 Å². The summed E-state index contributed by atoms with van der Waals surface area (Å²) < 4.78 is 5.21. The number of likely N-dealkylation sites (tertiary alicyclic amines) is 1. The summed E-state index contributed by atoms with van der Waals surface area (Å²) in [6, 6.07) is 9.81. The lowest BCUT2D eigenvalue weighted by atomic mass is 9.76. The number of phenols is 2. The number of imide groups is 1. The number of hydrogen-bond acceptors (Lipinski definition) is 7. The fraction of sp³-hybridized carbons (Fsp3) is 0.400. The number of rotatable bonds is 5. The summed E-state index contributed by atoms with van der Waals surface area (Å²) in [5.74, 6) is -4.24. The second-order valence-electron chi connectivity index (χ2n) is 9.86. The Balaban J connectivity index is 1.88. The molecule has 0 bridgehead atoms. The van der Waals surface area contributed by atoms with E-state index in [0.29, 0.717) is 11.1 Å². The van der Waals surface area contributed by atoms with Crippen LogP contribution in [0.15, 0.2) is 42.5 Å². The van der Waals surface area contributed by atoms with E-state index in [2.05, 4.69) is 5.32 Å². The Morgan fingerprint density at radius 3 is 2.29 bits per heavy atom. The normalized spacial score (nSPS) is 26.6. The Kier molecular flexibility index (Phi) is 5.56. The number of carboxylic acids is 1. The maximum Gasteiger partial charge on any atom is 0.325 e. The van der Waals surface area contributed by atoms with Crippen LogP contribution in [-0.2, 0) is 20.8 Å². The largest absolute Gasteiger partial charge is 0.508 e. The van der Waals surface area contributed by atoms with Crippen LogP contribution < -0.4 is 10.1 Å². The molecule has 0 saturated carbocycles. The smallest absolute Gasteiger partial charge is 0.325 e. The topological polar surface area (TPSA) is 136 Å². The van der Waals surface area contributed by atoms with E-state index in [9.17, 15) is 29.7 Å². The molecule has 9 nitrogen and oxygen atoms in total. The number of amides is 2. The minimum absolute atomic E-state index is 0.0328. The highest BCUT2D eigenvalue weighted by Crippen LogP contribution is 2.52. The van der Waals surface area contributed by atoms with Crippen LogP contribution in [0.4, 0.5) is 0 Å². The highest BCUT2D eigenvalue weighted by Gasteiger charge is 2.69. The van der Waals surface area contributed by atoms with Crippen LogP contribution in [-0.4, -0.2) is 56.2 Å². The molecule has 4 rings (SSSR count). The van der Waals surface area contributed by atoms with Crippen molar-refractivity contribution in [1.29, 1.82) is 0 Å². The SMILES string of the molecule is COc1cc(C2NC(Cc3ccc(O)cc3)(C(=O)O)C3C(=O)N(C(C)(C)C)C(=O)C23)ccc1O. The van der Waals surface area contributed by atoms with E-state index in [-0.39, 0.29) is 23.7 Å². The molecular formula is C25H28N2O7. The summed E-state index contributed by atoms with van der Waals surface area (Å²) in [6.07, 6.45) is -0.0769. The molecule has 2 fully saturated rings. The Bertz CT molecular complexity index is 1150. The Morgan fingerprint density at radius 1 is 1.09 bits per heavy atom. The van der Waals surface area contributed by atoms with Gasteiger partial charge < -0.3 is 20.1 Å². The predicted molar refractivity (Wildman–Crippen MR) is 121 cm³/mol. The van der Waals surface area contributed by atoms with Crippen molar-refractivity contribution in [2.75, 3.05) is 7.11 Å². The van der Waals surface area contributed by atoms with E-state index >= 15 is 0 Å². The zero-order chi connectivity index (χ0) is 25.0. The van der Waals surface area contributed by atoms with Crippen molar-refractivity contribution >= 4 is 17.8 Å². The zero-order valence-electron chi connectivity index (χ0n) is 19.4. The van der Waals surface area contributed by atoms with Gasteiger partial charge in [0.25, 0.3) is 0 Å². The average Bonchev–Trinajstić information content (AvgIpc) is 3.24. The molecule has 0 aliphatic carbocycles. The maximum absolute atomic E-state index is 13.7. The lowest BCUT2D eigenvalue weighted by Gasteiger charge is -2.35. The first-order chi connectivity index (χ1) is 15.9. The summed E-state index contributed by atoms with van der Waals surface area (Å²) in [5.41, 5.74) is -1.50. The van der Waals surface area contributed by atoms with E-state index in [1.807, 2.05) is 0 Å². The summed E-state index contributed by atoms with van der Waals surface area (Å²) in [6.45, 7) is 5.20. The van der Waals surface area contributed by atoms with E-state index in [4.69, 9.17) is 4.74 Å². The fourth-order valence-electron chi connectivity index (χ4n) is 5.21. The number of aliphatic carboxylic acids is 1. The first-order valence-electron chi connectivity index (χ1n) is 10.9. The van der Waals surface area contributed by atoms with Crippen LogP contribution in [0.2, 0.25) is 0 Å². The van der Waals surface area contributed by atoms with Gasteiger partial charge in [0, 0.05) is 18.0 Å². The Morgan fingerprint density at radius 2 is 1.74 bits per heavy atom. The van der Waals surface area contributed by atoms with Crippen molar-refractivity contribution < 1.29 is 34.4 Å². The lowest BCUT2D eigenvalue weighted by molar-refractivity contribution is -0.153. The highest BCUT2D eigenvalue weighted by molar-refractivity contribution is 6.10. The third-order valence-corrected chi connectivity index (χ3v) is 6.69. The molecule has 4 unspecified atom stereocenters. The molecule has 0 radical (unpaired) electrons. The van der Waals surface area contributed by atoms with Crippen molar-refractivity contribution in [2.45, 2.75) is 44.3 Å². The molecule has 0 spiro atoms. The van der Waals surface area contributed by atoms with Gasteiger partial charge in [-0.1, -0.05) is 18.2 Å². The van der Waals surface area contributed by atoms with E-state index in [0.717, 1.165) is 0 Å². The maximum atomic E-state index is 13.7. The number of ether oxygens (including phenoxy) is 1. The standard InChI is InChI=1S/C25H28N2O7/c1-24(2,3)27-21(30)18-19(22(27)31)25(23(32)33,12-13-5-8-15(28)9-6-13)26-20(18)14-7-10-16(29)17(11-14)34-4/h5-11,18-20,26,28-29H,12H2,1-4H3,(H,32,33). The van der Waals surface area contributed by atoms with Gasteiger partial charge in [0.1, 0.15) is 11.3 Å². The van der Waals surface area contributed by atoms with Gasteiger partial charge in [-0.25, -0.2) is 0 Å². The number of phenolic OH excluding ortho intramolecular Hbond substituents is 2.